The molecule has 0 aliphatic heterocycles. The number of nitrogens with one attached hydrogen (secondary N) is 1. The van der Waals surface area contributed by atoms with Gasteiger partial charge in [0.2, 0.25) is 0 Å². The summed E-state index contributed by atoms with van der Waals surface area (Å²) in [6.45, 7) is 2.20. The van der Waals surface area contributed by atoms with Gasteiger partial charge in [0.05, 0.1) is 0 Å². The predicted octanol–water partition coefficient (Wildman–Crippen LogP) is 2.03. The van der Waals surface area contributed by atoms with Crippen LogP contribution in [-0.4, -0.2) is 43.2 Å². The van der Waals surface area contributed by atoms with Crippen molar-refractivity contribution in [3.8, 4) is 0 Å². The van der Waals surface area contributed by atoms with Crippen molar-refractivity contribution in [2.75, 3.05) is 34.4 Å². The zero-order valence-corrected chi connectivity index (χ0v) is 12.5. The summed E-state index contributed by atoms with van der Waals surface area (Å²) in [5, 5.41) is 3.53. The van der Waals surface area contributed by atoms with Crippen molar-refractivity contribution in [3.63, 3.8) is 0 Å². The Hall–Kier alpha value is 0.0569. The van der Waals surface area contributed by atoms with Crippen LogP contribution in [0.15, 0.2) is 0 Å². The molecule has 0 spiro atoms. The molecule has 0 radical (unpaired) electrons. The molecule has 4 nitrogen and oxygen atoms in total. The summed E-state index contributed by atoms with van der Waals surface area (Å²) in [5.41, 5.74) is 0. The van der Waals surface area contributed by atoms with Gasteiger partial charge in [-0.2, -0.15) is 0 Å². The third-order valence-electron chi connectivity index (χ3n) is 3.68. The molecular weight excluding hydrogens is 234 g/mol. The van der Waals surface area contributed by atoms with Gasteiger partial charge in [-0.15, -0.1) is 0 Å². The zero-order valence-electron chi connectivity index (χ0n) is 11.5. The molecule has 0 bridgehead atoms. The van der Waals surface area contributed by atoms with Gasteiger partial charge < -0.3 is 18.6 Å². The highest BCUT2D eigenvalue weighted by molar-refractivity contribution is 6.60. The van der Waals surface area contributed by atoms with Crippen LogP contribution < -0.4 is 5.32 Å². The van der Waals surface area contributed by atoms with E-state index in [1.165, 1.54) is 32.2 Å². The first-order valence-corrected chi connectivity index (χ1v) is 8.55. The number of hydrogen-bond donors (Lipinski definition) is 1. The fourth-order valence-corrected chi connectivity index (χ4v) is 4.23. The van der Waals surface area contributed by atoms with Crippen LogP contribution in [0.3, 0.4) is 0 Å². The molecule has 0 aromatic heterocycles. The van der Waals surface area contributed by atoms with Crippen molar-refractivity contribution < 1.29 is 13.3 Å². The Morgan fingerprint density at radius 1 is 1.06 bits per heavy atom. The van der Waals surface area contributed by atoms with Crippen molar-refractivity contribution in [2.45, 2.75) is 38.1 Å². The zero-order chi connectivity index (χ0) is 12.6. The van der Waals surface area contributed by atoms with Crippen molar-refractivity contribution in [1.29, 1.82) is 0 Å². The maximum Gasteiger partial charge on any atom is 0.500 e. The van der Waals surface area contributed by atoms with E-state index in [9.17, 15) is 0 Å². The van der Waals surface area contributed by atoms with E-state index in [1.54, 1.807) is 21.3 Å². The van der Waals surface area contributed by atoms with Crippen molar-refractivity contribution in [2.24, 2.45) is 5.92 Å². The quantitative estimate of drug-likeness (QED) is 0.509. The molecule has 0 atom stereocenters. The van der Waals surface area contributed by atoms with E-state index in [2.05, 4.69) is 5.32 Å². The van der Waals surface area contributed by atoms with Gasteiger partial charge in [0.25, 0.3) is 0 Å². The highest BCUT2D eigenvalue weighted by Crippen LogP contribution is 2.23. The summed E-state index contributed by atoms with van der Waals surface area (Å²) in [4.78, 5) is 0. The van der Waals surface area contributed by atoms with Crippen LogP contribution in [0, 0.1) is 5.92 Å². The van der Waals surface area contributed by atoms with Gasteiger partial charge in [-0.05, 0) is 38.3 Å². The smallest absolute Gasteiger partial charge is 0.377 e. The molecule has 0 heterocycles. The molecule has 5 heteroatoms. The lowest BCUT2D eigenvalue weighted by Gasteiger charge is -2.24. The number of rotatable bonds is 9. The lowest BCUT2D eigenvalue weighted by Crippen LogP contribution is -2.43. The maximum absolute atomic E-state index is 5.38. The van der Waals surface area contributed by atoms with Gasteiger partial charge in [0, 0.05) is 27.4 Å². The fourth-order valence-electron chi connectivity index (χ4n) is 2.51. The van der Waals surface area contributed by atoms with E-state index in [1.807, 2.05) is 0 Å². The SMILES string of the molecule is CO[Si](CCCNCC1CCCC1)(OC)OC. The molecular formula is C12H27NO3Si. The molecule has 1 aliphatic rings. The summed E-state index contributed by atoms with van der Waals surface area (Å²) in [6, 6.07) is 0.883. The third kappa shape index (κ3) is 5.05. The molecule has 0 unspecified atom stereocenters. The Morgan fingerprint density at radius 2 is 1.65 bits per heavy atom. The summed E-state index contributed by atoms with van der Waals surface area (Å²) in [6.07, 6.45) is 6.69. The molecule has 1 fully saturated rings. The summed E-state index contributed by atoms with van der Waals surface area (Å²) in [7, 11) is 2.68. The predicted molar refractivity (Wildman–Crippen MR) is 71.0 cm³/mol. The van der Waals surface area contributed by atoms with Gasteiger partial charge in [-0.3, -0.25) is 0 Å². The molecule has 1 aliphatic carbocycles. The molecule has 0 saturated heterocycles. The topological polar surface area (TPSA) is 39.7 Å². The molecule has 1 rings (SSSR count). The van der Waals surface area contributed by atoms with Gasteiger partial charge >= 0.3 is 8.80 Å². The monoisotopic (exact) mass is 261 g/mol. The minimum atomic E-state index is -2.34. The highest BCUT2D eigenvalue weighted by Gasteiger charge is 2.36. The van der Waals surface area contributed by atoms with E-state index < -0.39 is 8.80 Å². The molecule has 0 amide bonds. The Morgan fingerprint density at radius 3 is 2.18 bits per heavy atom. The number of hydrogen-bond acceptors (Lipinski definition) is 4. The summed E-state index contributed by atoms with van der Waals surface area (Å²) < 4.78 is 16.1. The van der Waals surface area contributed by atoms with Gasteiger partial charge in [-0.1, -0.05) is 12.8 Å². The largest absolute Gasteiger partial charge is 0.500 e. The van der Waals surface area contributed by atoms with Crippen LogP contribution in [-0.2, 0) is 13.3 Å². The van der Waals surface area contributed by atoms with E-state index in [4.69, 9.17) is 13.3 Å². The fraction of sp³-hybridized carbons (Fsp3) is 1.00. The minimum absolute atomic E-state index is 0.883. The van der Waals surface area contributed by atoms with Gasteiger partial charge in [0.15, 0.2) is 0 Å². The second-order valence-electron chi connectivity index (χ2n) is 4.75. The van der Waals surface area contributed by atoms with Crippen LogP contribution in [0.2, 0.25) is 6.04 Å². The molecule has 1 saturated carbocycles. The lowest BCUT2D eigenvalue weighted by molar-refractivity contribution is 0.123. The minimum Gasteiger partial charge on any atom is -0.377 e. The average Bonchev–Trinajstić information content (AvgIpc) is 2.88. The Kier molecular flexibility index (Phi) is 7.30. The lowest BCUT2D eigenvalue weighted by atomic mass is 10.1. The summed E-state index contributed by atoms with van der Waals surface area (Å²) >= 11 is 0. The van der Waals surface area contributed by atoms with Crippen molar-refractivity contribution >= 4 is 8.80 Å². The van der Waals surface area contributed by atoms with Crippen molar-refractivity contribution in [1.82, 2.24) is 5.32 Å². The average molecular weight is 261 g/mol. The molecule has 0 aromatic rings. The van der Waals surface area contributed by atoms with E-state index in [0.29, 0.717) is 0 Å². The molecule has 1 N–H and O–H groups in total. The Bertz CT molecular complexity index is 186. The first kappa shape index (κ1) is 15.1. The Balaban J connectivity index is 2.05. The summed E-state index contributed by atoms with van der Waals surface area (Å²) in [5.74, 6) is 0.907. The van der Waals surface area contributed by atoms with E-state index in [0.717, 1.165) is 24.9 Å². The first-order chi connectivity index (χ1) is 8.26. The van der Waals surface area contributed by atoms with E-state index >= 15 is 0 Å². The third-order valence-corrected chi connectivity index (χ3v) is 6.51. The molecule has 0 aromatic carbocycles. The van der Waals surface area contributed by atoms with E-state index in [-0.39, 0.29) is 0 Å². The second-order valence-corrected chi connectivity index (χ2v) is 7.84. The van der Waals surface area contributed by atoms with Crippen LogP contribution in [0.25, 0.3) is 0 Å². The van der Waals surface area contributed by atoms with Gasteiger partial charge in [0.1, 0.15) is 0 Å². The highest BCUT2D eigenvalue weighted by atomic mass is 28.4. The van der Waals surface area contributed by atoms with Gasteiger partial charge in [-0.25, -0.2) is 0 Å². The maximum atomic E-state index is 5.38. The normalized spacial score (nSPS) is 17.8. The second kappa shape index (κ2) is 8.21. The first-order valence-electron chi connectivity index (χ1n) is 6.62. The van der Waals surface area contributed by atoms with Crippen LogP contribution in [0.1, 0.15) is 32.1 Å². The molecule has 102 valence electrons. The van der Waals surface area contributed by atoms with Crippen LogP contribution in [0.5, 0.6) is 0 Å². The molecule has 17 heavy (non-hydrogen) atoms. The van der Waals surface area contributed by atoms with Crippen LogP contribution >= 0.6 is 0 Å². The Labute approximate surface area is 106 Å². The van der Waals surface area contributed by atoms with Crippen molar-refractivity contribution in [3.05, 3.63) is 0 Å². The van der Waals surface area contributed by atoms with Crippen LogP contribution in [0.4, 0.5) is 0 Å². The standard InChI is InChI=1S/C12H27NO3Si/c1-14-17(15-2,16-3)10-6-9-13-11-12-7-4-5-8-12/h12-13H,4-11H2,1-3H3.